The molecule has 11 heteroatoms. The van der Waals surface area contributed by atoms with E-state index in [0.717, 1.165) is 17.2 Å². The van der Waals surface area contributed by atoms with Crippen molar-refractivity contribution in [3.8, 4) is 11.5 Å². The molecule has 0 unspecified atom stereocenters. The van der Waals surface area contributed by atoms with E-state index >= 15 is 0 Å². The fraction of sp³-hybridized carbons (Fsp3) is 0.400. The largest absolute Gasteiger partial charge is 0.534 e. The molecule has 0 saturated carbocycles. The second kappa shape index (κ2) is 9.62. The Kier molecular flexibility index (Phi) is 7.83. The second-order valence-electron chi connectivity index (χ2n) is 7.04. The Balaban J connectivity index is 2.41. The van der Waals surface area contributed by atoms with Gasteiger partial charge in [-0.05, 0) is 53.6 Å². The predicted molar refractivity (Wildman–Crippen MR) is 108 cm³/mol. The Morgan fingerprint density at radius 1 is 1.13 bits per heavy atom. The van der Waals surface area contributed by atoms with Gasteiger partial charge in [0.05, 0.1) is 5.02 Å². The lowest BCUT2D eigenvalue weighted by atomic mass is 9.95. The summed E-state index contributed by atoms with van der Waals surface area (Å²) in [6.07, 6.45) is 0.151. The van der Waals surface area contributed by atoms with Crippen molar-refractivity contribution in [3.63, 3.8) is 0 Å². The number of halogens is 5. The van der Waals surface area contributed by atoms with Crippen LogP contribution < -0.4 is 8.92 Å². The number of benzene rings is 2. The summed E-state index contributed by atoms with van der Waals surface area (Å²) in [5, 5.41) is -0.516. The van der Waals surface area contributed by atoms with Crippen LogP contribution in [0.1, 0.15) is 42.0 Å². The van der Waals surface area contributed by atoms with E-state index in [9.17, 15) is 26.0 Å². The van der Waals surface area contributed by atoms with E-state index in [1.165, 1.54) is 14.0 Å². The van der Waals surface area contributed by atoms with Crippen molar-refractivity contribution >= 4 is 21.7 Å². The summed E-state index contributed by atoms with van der Waals surface area (Å²) in [7, 11) is -4.53. The fourth-order valence-electron chi connectivity index (χ4n) is 2.82. The highest BCUT2D eigenvalue weighted by Gasteiger charge is 2.49. The average Bonchev–Trinajstić information content (AvgIpc) is 2.66. The van der Waals surface area contributed by atoms with E-state index in [4.69, 9.17) is 21.1 Å². The first-order valence-corrected chi connectivity index (χ1v) is 10.8. The summed E-state index contributed by atoms with van der Waals surface area (Å²) < 4.78 is 89.0. The van der Waals surface area contributed by atoms with Crippen LogP contribution in [0.15, 0.2) is 24.3 Å². The molecule has 2 rings (SSSR count). The Bertz CT molecular complexity index is 1050. The van der Waals surface area contributed by atoms with E-state index in [1.54, 1.807) is 12.1 Å². The standard InChI is InChI=1S/C20H21ClF4O5S/c1-11(2)14-8-13(5-6-16(14)29-10-28-4)9-15-12(3)7-17(19(22)18(15)21)30-31(26,27)20(23,24)25/h5-8,11H,9-10H2,1-4H3. The molecule has 0 aliphatic rings. The molecule has 5 nitrogen and oxygen atoms in total. The number of rotatable bonds is 8. The first kappa shape index (κ1) is 25.2. The van der Waals surface area contributed by atoms with E-state index < -0.39 is 32.2 Å². The molecule has 2 aromatic carbocycles. The highest BCUT2D eigenvalue weighted by atomic mass is 35.5. The number of aryl methyl sites for hydroxylation is 1. The maximum Gasteiger partial charge on any atom is 0.534 e. The summed E-state index contributed by atoms with van der Waals surface area (Å²) in [5.41, 5.74) is -3.52. The van der Waals surface area contributed by atoms with Crippen LogP contribution in [0.2, 0.25) is 5.02 Å². The van der Waals surface area contributed by atoms with Gasteiger partial charge >= 0.3 is 15.6 Å². The molecule has 0 N–H and O–H groups in total. The van der Waals surface area contributed by atoms with Gasteiger partial charge in [-0.2, -0.15) is 21.6 Å². The van der Waals surface area contributed by atoms with Crippen LogP contribution in [-0.4, -0.2) is 27.8 Å². The first-order chi connectivity index (χ1) is 14.3. The van der Waals surface area contributed by atoms with E-state index in [0.29, 0.717) is 5.75 Å². The van der Waals surface area contributed by atoms with Crippen molar-refractivity contribution in [3.05, 3.63) is 57.4 Å². The van der Waals surface area contributed by atoms with Gasteiger partial charge in [-0.1, -0.05) is 37.6 Å². The van der Waals surface area contributed by atoms with Gasteiger partial charge < -0.3 is 13.7 Å². The molecule has 0 saturated heterocycles. The highest BCUT2D eigenvalue weighted by Crippen LogP contribution is 2.36. The van der Waals surface area contributed by atoms with Crippen LogP contribution in [0.25, 0.3) is 0 Å². The van der Waals surface area contributed by atoms with Crippen LogP contribution in [-0.2, 0) is 21.3 Å². The number of alkyl halides is 3. The van der Waals surface area contributed by atoms with Gasteiger partial charge in [0.1, 0.15) is 5.75 Å². The van der Waals surface area contributed by atoms with Crippen molar-refractivity contribution in [1.29, 1.82) is 0 Å². The molecule has 0 radical (unpaired) electrons. The fourth-order valence-corrected chi connectivity index (χ4v) is 3.58. The molecular weight excluding hydrogens is 464 g/mol. The van der Waals surface area contributed by atoms with Gasteiger partial charge in [-0.25, -0.2) is 4.39 Å². The Labute approximate surface area is 183 Å². The Hall–Kier alpha value is -2.04. The average molecular weight is 485 g/mol. The molecule has 0 aromatic heterocycles. The molecule has 0 bridgehead atoms. The quantitative estimate of drug-likeness (QED) is 0.208. The third kappa shape index (κ3) is 5.81. The Morgan fingerprint density at radius 2 is 1.77 bits per heavy atom. The minimum absolute atomic E-state index is 0.0670. The second-order valence-corrected chi connectivity index (χ2v) is 8.95. The van der Waals surface area contributed by atoms with Gasteiger partial charge in [-0.3, -0.25) is 0 Å². The third-order valence-electron chi connectivity index (χ3n) is 4.39. The lowest BCUT2D eigenvalue weighted by molar-refractivity contribution is -0.0500. The zero-order valence-corrected chi connectivity index (χ0v) is 18.7. The van der Waals surface area contributed by atoms with Gasteiger partial charge in [0, 0.05) is 7.11 Å². The minimum atomic E-state index is -6.03. The van der Waals surface area contributed by atoms with Crippen LogP contribution in [0.4, 0.5) is 17.6 Å². The van der Waals surface area contributed by atoms with Gasteiger partial charge in [0.15, 0.2) is 18.4 Å². The number of hydrogen-bond acceptors (Lipinski definition) is 5. The number of ether oxygens (including phenoxy) is 2. The SMILES string of the molecule is COCOc1ccc(Cc2c(C)cc(OS(=O)(=O)C(F)(F)F)c(F)c2Cl)cc1C(C)C. The number of hydrogen-bond donors (Lipinski definition) is 0. The monoisotopic (exact) mass is 484 g/mol. The first-order valence-electron chi connectivity index (χ1n) is 9.01. The van der Waals surface area contributed by atoms with Crippen molar-refractivity contribution in [1.82, 2.24) is 0 Å². The summed E-state index contributed by atoms with van der Waals surface area (Å²) in [6, 6.07) is 6.20. The van der Waals surface area contributed by atoms with Crippen LogP contribution in [0.3, 0.4) is 0 Å². The molecule has 0 amide bonds. The maximum absolute atomic E-state index is 14.6. The van der Waals surface area contributed by atoms with Crippen molar-refractivity contribution in [2.24, 2.45) is 0 Å². The van der Waals surface area contributed by atoms with Crippen molar-refractivity contribution in [2.45, 2.75) is 38.6 Å². The molecule has 172 valence electrons. The van der Waals surface area contributed by atoms with Crippen LogP contribution in [0.5, 0.6) is 11.5 Å². The molecule has 0 atom stereocenters. The maximum atomic E-state index is 14.6. The molecule has 0 spiro atoms. The molecule has 0 heterocycles. The molecular formula is C20H21ClF4O5S. The third-order valence-corrected chi connectivity index (χ3v) is 5.75. The normalized spacial score (nSPS) is 12.3. The molecule has 0 aliphatic heterocycles. The number of methoxy groups -OCH3 is 1. The summed E-state index contributed by atoms with van der Waals surface area (Å²) >= 11 is 6.03. The summed E-state index contributed by atoms with van der Waals surface area (Å²) in [5.74, 6) is -1.78. The van der Waals surface area contributed by atoms with E-state index in [2.05, 4.69) is 4.18 Å². The predicted octanol–water partition coefficient (Wildman–Crippen LogP) is 5.71. The zero-order valence-electron chi connectivity index (χ0n) is 17.1. The van der Waals surface area contributed by atoms with E-state index in [1.807, 2.05) is 19.9 Å². The summed E-state index contributed by atoms with van der Waals surface area (Å²) in [6.45, 7) is 5.46. The van der Waals surface area contributed by atoms with Crippen molar-refractivity contribution in [2.75, 3.05) is 13.9 Å². The van der Waals surface area contributed by atoms with Crippen LogP contribution >= 0.6 is 11.6 Å². The van der Waals surface area contributed by atoms with Crippen molar-refractivity contribution < 1.29 is 39.6 Å². The lowest BCUT2D eigenvalue weighted by Gasteiger charge is -2.17. The molecule has 2 aromatic rings. The van der Waals surface area contributed by atoms with Gasteiger partial charge in [0.25, 0.3) is 0 Å². The lowest BCUT2D eigenvalue weighted by Crippen LogP contribution is -2.28. The van der Waals surface area contributed by atoms with Gasteiger partial charge in [-0.15, -0.1) is 0 Å². The minimum Gasteiger partial charge on any atom is -0.467 e. The van der Waals surface area contributed by atoms with E-state index in [-0.39, 0.29) is 30.3 Å². The zero-order chi connectivity index (χ0) is 23.6. The van der Waals surface area contributed by atoms with Gasteiger partial charge in [0.2, 0.25) is 0 Å². The molecule has 0 fully saturated rings. The molecule has 0 aliphatic carbocycles. The smallest absolute Gasteiger partial charge is 0.467 e. The molecule has 31 heavy (non-hydrogen) atoms. The van der Waals surface area contributed by atoms with Crippen LogP contribution in [0, 0.1) is 12.7 Å². The topological polar surface area (TPSA) is 61.8 Å². The Morgan fingerprint density at radius 3 is 2.32 bits per heavy atom. The summed E-state index contributed by atoms with van der Waals surface area (Å²) in [4.78, 5) is 0. The highest BCUT2D eigenvalue weighted by molar-refractivity contribution is 7.88.